The SMILES string of the molecule is O=C(O)CSc1nc(-c2ccc(Br)cc2)c(-c2ccc(Br)cc2)s1. The summed E-state index contributed by atoms with van der Waals surface area (Å²) < 4.78 is 2.78. The summed E-state index contributed by atoms with van der Waals surface area (Å²) in [7, 11) is 0. The van der Waals surface area contributed by atoms with Crippen molar-refractivity contribution in [3.05, 3.63) is 57.5 Å². The van der Waals surface area contributed by atoms with Gasteiger partial charge in [-0.2, -0.15) is 0 Å². The Morgan fingerprint density at radius 2 is 1.54 bits per heavy atom. The number of thioether (sulfide) groups is 1. The van der Waals surface area contributed by atoms with Crippen molar-refractivity contribution in [1.29, 1.82) is 0 Å². The molecule has 0 saturated heterocycles. The van der Waals surface area contributed by atoms with Gasteiger partial charge in [0.1, 0.15) is 0 Å². The molecule has 0 spiro atoms. The molecule has 0 atom stereocenters. The standard InChI is InChI=1S/C17H11Br2NO2S2/c18-12-5-1-10(2-6-12)15-16(11-3-7-13(19)8-4-11)24-17(20-15)23-9-14(21)22/h1-8H,9H2,(H,21,22). The molecule has 0 aliphatic carbocycles. The highest BCUT2D eigenvalue weighted by Gasteiger charge is 2.16. The van der Waals surface area contributed by atoms with E-state index in [1.54, 1.807) is 0 Å². The Kier molecular flexibility index (Phi) is 5.76. The van der Waals surface area contributed by atoms with E-state index in [4.69, 9.17) is 5.11 Å². The number of halogens is 2. The number of aliphatic carboxylic acids is 1. The molecule has 24 heavy (non-hydrogen) atoms. The fraction of sp³-hybridized carbons (Fsp3) is 0.0588. The van der Waals surface area contributed by atoms with E-state index in [0.717, 1.165) is 35.0 Å². The number of carboxylic acids is 1. The second kappa shape index (κ2) is 7.82. The Labute approximate surface area is 164 Å². The third-order valence-electron chi connectivity index (χ3n) is 3.15. The van der Waals surface area contributed by atoms with E-state index in [9.17, 15) is 4.79 Å². The molecular formula is C17H11Br2NO2S2. The van der Waals surface area contributed by atoms with E-state index in [1.807, 2.05) is 48.5 Å². The van der Waals surface area contributed by atoms with E-state index < -0.39 is 5.97 Å². The van der Waals surface area contributed by atoms with E-state index in [-0.39, 0.29) is 5.75 Å². The maximum absolute atomic E-state index is 10.8. The molecule has 0 unspecified atom stereocenters. The molecule has 0 amide bonds. The molecule has 0 bridgehead atoms. The van der Waals surface area contributed by atoms with E-state index in [2.05, 4.69) is 36.8 Å². The highest BCUT2D eigenvalue weighted by Crippen LogP contribution is 2.40. The van der Waals surface area contributed by atoms with Gasteiger partial charge >= 0.3 is 5.97 Å². The lowest BCUT2D eigenvalue weighted by Crippen LogP contribution is -1.96. The first-order valence-corrected chi connectivity index (χ1v) is 10.3. The second-order valence-corrected chi connectivity index (χ2v) is 8.91. The van der Waals surface area contributed by atoms with Crippen molar-refractivity contribution >= 4 is 60.9 Å². The summed E-state index contributed by atoms with van der Waals surface area (Å²) in [4.78, 5) is 16.5. The molecule has 3 nitrogen and oxygen atoms in total. The first-order chi connectivity index (χ1) is 11.5. The molecule has 3 rings (SSSR count). The third-order valence-corrected chi connectivity index (χ3v) is 6.44. The Morgan fingerprint density at radius 3 is 2.08 bits per heavy atom. The van der Waals surface area contributed by atoms with E-state index in [0.29, 0.717) is 0 Å². The quantitative estimate of drug-likeness (QED) is 0.439. The molecule has 1 N–H and O–H groups in total. The number of thiazole rings is 1. The fourth-order valence-corrected chi connectivity index (χ4v) is 4.51. The maximum Gasteiger partial charge on any atom is 0.313 e. The zero-order chi connectivity index (χ0) is 17.1. The number of carbonyl (C=O) groups is 1. The Morgan fingerprint density at radius 1 is 1.00 bits per heavy atom. The van der Waals surface area contributed by atoms with Crippen LogP contribution in [0.4, 0.5) is 0 Å². The molecule has 1 heterocycles. The summed E-state index contributed by atoms with van der Waals surface area (Å²) >= 11 is 9.66. The summed E-state index contributed by atoms with van der Waals surface area (Å²) in [6.07, 6.45) is 0. The molecule has 0 aliphatic heterocycles. The molecule has 3 aromatic rings. The zero-order valence-electron chi connectivity index (χ0n) is 12.2. The van der Waals surface area contributed by atoms with Gasteiger partial charge in [0.2, 0.25) is 0 Å². The summed E-state index contributed by atoms with van der Waals surface area (Å²) in [5.41, 5.74) is 2.95. The Hall–Kier alpha value is -1.15. The minimum Gasteiger partial charge on any atom is -0.481 e. The van der Waals surface area contributed by atoms with Gasteiger partial charge in [-0.05, 0) is 29.8 Å². The van der Waals surface area contributed by atoms with Crippen LogP contribution < -0.4 is 0 Å². The highest BCUT2D eigenvalue weighted by molar-refractivity contribution is 9.10. The summed E-state index contributed by atoms with van der Waals surface area (Å²) in [5, 5.41) is 8.89. The van der Waals surface area contributed by atoms with Gasteiger partial charge < -0.3 is 5.11 Å². The Balaban J connectivity index is 2.05. The predicted molar refractivity (Wildman–Crippen MR) is 107 cm³/mol. The number of aromatic nitrogens is 1. The topological polar surface area (TPSA) is 50.2 Å². The average molecular weight is 485 g/mol. The van der Waals surface area contributed by atoms with Crippen LogP contribution in [0.1, 0.15) is 0 Å². The van der Waals surface area contributed by atoms with E-state index in [1.165, 1.54) is 23.1 Å². The highest BCUT2D eigenvalue weighted by atomic mass is 79.9. The fourth-order valence-electron chi connectivity index (χ4n) is 2.09. The largest absolute Gasteiger partial charge is 0.481 e. The van der Waals surface area contributed by atoms with Crippen LogP contribution >= 0.6 is 55.0 Å². The minimum absolute atomic E-state index is 0.00701. The number of benzene rings is 2. The van der Waals surface area contributed by atoms with Crippen molar-refractivity contribution in [3.8, 4) is 21.7 Å². The summed E-state index contributed by atoms with van der Waals surface area (Å²) in [6, 6.07) is 16.0. The smallest absolute Gasteiger partial charge is 0.313 e. The van der Waals surface area contributed by atoms with E-state index >= 15 is 0 Å². The van der Waals surface area contributed by atoms with Gasteiger partial charge in [0.05, 0.1) is 16.3 Å². The predicted octanol–water partition coefficient (Wildman–Crippen LogP) is 6.18. The van der Waals surface area contributed by atoms with Gasteiger partial charge in [-0.1, -0.05) is 67.9 Å². The van der Waals surface area contributed by atoms with Crippen LogP contribution in [0.2, 0.25) is 0 Å². The van der Waals surface area contributed by atoms with Crippen LogP contribution in [0, 0.1) is 0 Å². The molecule has 0 radical (unpaired) electrons. The number of hydrogen-bond acceptors (Lipinski definition) is 4. The third kappa shape index (κ3) is 4.27. The van der Waals surface area contributed by atoms with Gasteiger partial charge in [-0.25, -0.2) is 4.98 Å². The molecule has 0 fully saturated rings. The lowest BCUT2D eigenvalue weighted by molar-refractivity contribution is -0.133. The second-order valence-electron chi connectivity index (χ2n) is 4.85. The van der Waals surface area contributed by atoms with Crippen LogP contribution in [0.3, 0.4) is 0 Å². The molecule has 1 aromatic heterocycles. The molecule has 2 aromatic carbocycles. The minimum atomic E-state index is -0.842. The van der Waals surface area contributed by atoms with Crippen molar-refractivity contribution in [2.45, 2.75) is 4.34 Å². The first kappa shape index (κ1) is 17.7. The van der Waals surface area contributed by atoms with Crippen molar-refractivity contribution in [2.75, 3.05) is 5.75 Å². The first-order valence-electron chi connectivity index (χ1n) is 6.90. The lowest BCUT2D eigenvalue weighted by atomic mass is 10.1. The van der Waals surface area contributed by atoms with Gasteiger partial charge in [0.15, 0.2) is 4.34 Å². The molecular weight excluding hydrogens is 474 g/mol. The van der Waals surface area contributed by atoms with Gasteiger partial charge in [-0.15, -0.1) is 11.3 Å². The van der Waals surface area contributed by atoms with Gasteiger partial charge in [0, 0.05) is 14.5 Å². The van der Waals surface area contributed by atoms with Crippen molar-refractivity contribution in [2.24, 2.45) is 0 Å². The summed E-state index contributed by atoms with van der Waals surface area (Å²) in [6.45, 7) is 0. The van der Waals surface area contributed by atoms with Crippen LogP contribution in [0.25, 0.3) is 21.7 Å². The van der Waals surface area contributed by atoms with Crippen LogP contribution in [0.15, 0.2) is 61.8 Å². The average Bonchev–Trinajstić information content (AvgIpc) is 2.98. The zero-order valence-corrected chi connectivity index (χ0v) is 17.0. The normalized spacial score (nSPS) is 10.8. The number of rotatable bonds is 5. The number of carboxylic acid groups (broad SMARTS) is 1. The van der Waals surface area contributed by atoms with Crippen molar-refractivity contribution in [1.82, 2.24) is 4.98 Å². The van der Waals surface area contributed by atoms with Crippen molar-refractivity contribution < 1.29 is 9.90 Å². The van der Waals surface area contributed by atoms with Crippen LogP contribution in [-0.4, -0.2) is 21.8 Å². The number of hydrogen-bond donors (Lipinski definition) is 1. The van der Waals surface area contributed by atoms with Gasteiger partial charge in [0.25, 0.3) is 0 Å². The monoisotopic (exact) mass is 483 g/mol. The number of nitrogens with zero attached hydrogens (tertiary/aromatic N) is 1. The van der Waals surface area contributed by atoms with Gasteiger partial charge in [-0.3, -0.25) is 4.79 Å². The maximum atomic E-state index is 10.8. The molecule has 0 saturated carbocycles. The van der Waals surface area contributed by atoms with Crippen LogP contribution in [-0.2, 0) is 4.79 Å². The molecule has 7 heteroatoms. The van der Waals surface area contributed by atoms with Crippen LogP contribution in [0.5, 0.6) is 0 Å². The Bertz CT molecular complexity index is 798. The molecule has 0 aliphatic rings. The molecule has 122 valence electrons. The summed E-state index contributed by atoms with van der Waals surface area (Å²) in [5.74, 6) is -0.835. The van der Waals surface area contributed by atoms with Crippen molar-refractivity contribution in [3.63, 3.8) is 0 Å². The lowest BCUT2D eigenvalue weighted by Gasteiger charge is -2.03.